The molecule has 1 amide bonds. The van der Waals surface area contributed by atoms with E-state index in [0.717, 1.165) is 31.4 Å². The molecule has 0 aliphatic carbocycles. The predicted molar refractivity (Wildman–Crippen MR) is 93.7 cm³/mol. The van der Waals surface area contributed by atoms with Gasteiger partial charge in [0.05, 0.1) is 17.1 Å². The quantitative estimate of drug-likeness (QED) is 0.780. The molecule has 2 rings (SSSR count). The number of alkyl halides is 3. The SMILES string of the molecule is CC(C)(C(=O)N1CCC(OCCCN)CC1)c1cccc(C(F)(F)F)c1. The van der Waals surface area contributed by atoms with Crippen molar-refractivity contribution in [3.05, 3.63) is 35.4 Å². The highest BCUT2D eigenvalue weighted by atomic mass is 19.4. The van der Waals surface area contributed by atoms with E-state index in [1.165, 1.54) is 6.07 Å². The second-order valence-electron chi connectivity index (χ2n) is 7.21. The molecule has 1 heterocycles. The maximum absolute atomic E-state index is 13.0. The summed E-state index contributed by atoms with van der Waals surface area (Å²) in [5, 5.41) is 0. The van der Waals surface area contributed by atoms with Gasteiger partial charge >= 0.3 is 6.18 Å². The van der Waals surface area contributed by atoms with Crippen molar-refractivity contribution in [2.24, 2.45) is 5.73 Å². The van der Waals surface area contributed by atoms with Gasteiger partial charge in [-0.25, -0.2) is 0 Å². The average Bonchev–Trinajstić information content (AvgIpc) is 2.61. The highest BCUT2D eigenvalue weighted by Crippen LogP contribution is 2.34. The van der Waals surface area contributed by atoms with Crippen LogP contribution in [-0.2, 0) is 21.1 Å². The van der Waals surface area contributed by atoms with Crippen molar-refractivity contribution in [2.45, 2.75) is 50.8 Å². The summed E-state index contributed by atoms with van der Waals surface area (Å²) in [6.45, 7) is 5.65. The Kier molecular flexibility index (Phi) is 6.69. The molecule has 1 aliphatic rings. The van der Waals surface area contributed by atoms with Crippen LogP contribution in [0.2, 0.25) is 0 Å². The van der Waals surface area contributed by atoms with Gasteiger partial charge in [-0.1, -0.05) is 18.2 Å². The number of likely N-dealkylation sites (tertiary alicyclic amines) is 1. The van der Waals surface area contributed by atoms with E-state index in [-0.39, 0.29) is 12.0 Å². The van der Waals surface area contributed by atoms with Crippen LogP contribution in [0, 0.1) is 0 Å². The number of rotatable bonds is 6. The number of piperidine rings is 1. The Bertz CT molecular complexity index is 609. The van der Waals surface area contributed by atoms with E-state index in [2.05, 4.69) is 0 Å². The van der Waals surface area contributed by atoms with Gasteiger partial charge in [0.15, 0.2) is 0 Å². The molecule has 146 valence electrons. The molecule has 1 saturated heterocycles. The maximum Gasteiger partial charge on any atom is 0.416 e. The summed E-state index contributed by atoms with van der Waals surface area (Å²) in [5.74, 6) is -0.155. The van der Waals surface area contributed by atoms with E-state index in [1.807, 2.05) is 0 Å². The third-order valence-electron chi connectivity index (χ3n) is 4.88. The first kappa shape index (κ1) is 20.7. The Morgan fingerprint density at radius 1 is 1.23 bits per heavy atom. The summed E-state index contributed by atoms with van der Waals surface area (Å²) in [4.78, 5) is 14.7. The van der Waals surface area contributed by atoms with Crippen LogP contribution in [0.5, 0.6) is 0 Å². The molecule has 1 aromatic rings. The lowest BCUT2D eigenvalue weighted by atomic mass is 9.82. The Morgan fingerprint density at radius 3 is 2.42 bits per heavy atom. The van der Waals surface area contributed by atoms with E-state index in [9.17, 15) is 18.0 Å². The monoisotopic (exact) mass is 372 g/mol. The van der Waals surface area contributed by atoms with Crippen LogP contribution in [0.1, 0.15) is 44.2 Å². The fourth-order valence-electron chi connectivity index (χ4n) is 3.16. The summed E-state index contributed by atoms with van der Waals surface area (Å²) in [6.07, 6.45) is -2.04. The zero-order valence-electron chi connectivity index (χ0n) is 15.3. The Labute approximate surface area is 152 Å². The molecule has 2 N–H and O–H groups in total. The molecule has 0 aromatic heterocycles. The van der Waals surface area contributed by atoms with Crippen molar-refractivity contribution < 1.29 is 22.7 Å². The van der Waals surface area contributed by atoms with Crippen LogP contribution in [-0.4, -0.2) is 43.2 Å². The van der Waals surface area contributed by atoms with Gasteiger partial charge in [-0.15, -0.1) is 0 Å². The number of halogens is 3. The maximum atomic E-state index is 13.0. The molecule has 0 bridgehead atoms. The number of carbonyl (C=O) groups excluding carboxylic acids is 1. The summed E-state index contributed by atoms with van der Waals surface area (Å²) in [6, 6.07) is 5.02. The first-order chi connectivity index (χ1) is 12.2. The zero-order valence-corrected chi connectivity index (χ0v) is 15.3. The van der Waals surface area contributed by atoms with E-state index in [0.29, 0.717) is 31.8 Å². The number of benzene rings is 1. The van der Waals surface area contributed by atoms with Gasteiger partial charge in [-0.05, 0) is 51.3 Å². The number of carbonyl (C=O) groups is 1. The fraction of sp³-hybridized carbons (Fsp3) is 0.632. The van der Waals surface area contributed by atoms with Crippen molar-refractivity contribution in [1.29, 1.82) is 0 Å². The number of ether oxygens (including phenoxy) is 1. The Balaban J connectivity index is 2.02. The van der Waals surface area contributed by atoms with Crippen LogP contribution in [0.4, 0.5) is 13.2 Å². The van der Waals surface area contributed by atoms with Gasteiger partial charge in [0, 0.05) is 19.7 Å². The lowest BCUT2D eigenvalue weighted by Gasteiger charge is -2.37. The van der Waals surface area contributed by atoms with Crippen LogP contribution in [0.15, 0.2) is 24.3 Å². The number of nitrogens with two attached hydrogens (primary N) is 1. The minimum absolute atomic E-state index is 0.113. The number of amides is 1. The van der Waals surface area contributed by atoms with Crippen LogP contribution >= 0.6 is 0 Å². The van der Waals surface area contributed by atoms with Crippen molar-refractivity contribution in [1.82, 2.24) is 4.90 Å². The summed E-state index contributed by atoms with van der Waals surface area (Å²) in [7, 11) is 0. The topological polar surface area (TPSA) is 55.6 Å². The lowest BCUT2D eigenvalue weighted by Crippen LogP contribution is -2.48. The van der Waals surface area contributed by atoms with E-state index < -0.39 is 17.2 Å². The molecule has 0 radical (unpaired) electrons. The largest absolute Gasteiger partial charge is 0.416 e. The molecule has 7 heteroatoms. The first-order valence-electron chi connectivity index (χ1n) is 8.95. The van der Waals surface area contributed by atoms with Crippen molar-refractivity contribution >= 4 is 5.91 Å². The highest BCUT2D eigenvalue weighted by Gasteiger charge is 2.37. The lowest BCUT2D eigenvalue weighted by molar-refractivity contribution is -0.140. The molecular formula is C19H27F3N2O2. The standard InChI is InChI=1S/C19H27F3N2O2/c1-18(2,14-5-3-6-15(13-14)19(20,21)22)17(25)24-10-7-16(8-11-24)26-12-4-9-23/h3,5-6,13,16H,4,7-12,23H2,1-2H3. The van der Waals surface area contributed by atoms with Gasteiger partial charge in [-0.3, -0.25) is 4.79 Å². The first-order valence-corrected chi connectivity index (χ1v) is 8.95. The summed E-state index contributed by atoms with van der Waals surface area (Å²) >= 11 is 0. The van der Waals surface area contributed by atoms with Gasteiger partial charge in [0.1, 0.15) is 0 Å². The minimum Gasteiger partial charge on any atom is -0.378 e. The second kappa shape index (κ2) is 8.39. The molecule has 0 spiro atoms. The Hall–Kier alpha value is -1.60. The molecule has 4 nitrogen and oxygen atoms in total. The van der Waals surface area contributed by atoms with E-state index >= 15 is 0 Å². The molecule has 0 unspecified atom stereocenters. The van der Waals surface area contributed by atoms with Crippen LogP contribution < -0.4 is 5.73 Å². The number of hydrogen-bond acceptors (Lipinski definition) is 3. The van der Waals surface area contributed by atoms with Gasteiger partial charge in [0.25, 0.3) is 0 Å². The van der Waals surface area contributed by atoms with Gasteiger partial charge in [0.2, 0.25) is 5.91 Å². The van der Waals surface area contributed by atoms with Crippen molar-refractivity contribution in [3.63, 3.8) is 0 Å². The molecular weight excluding hydrogens is 345 g/mol. The van der Waals surface area contributed by atoms with Crippen molar-refractivity contribution in [3.8, 4) is 0 Å². The average molecular weight is 372 g/mol. The molecule has 1 fully saturated rings. The number of hydrogen-bond donors (Lipinski definition) is 1. The predicted octanol–water partition coefficient (Wildman–Crippen LogP) is 3.34. The third kappa shape index (κ3) is 4.98. The summed E-state index contributed by atoms with van der Waals surface area (Å²) < 4.78 is 44.6. The van der Waals surface area contributed by atoms with Crippen LogP contribution in [0.3, 0.4) is 0 Å². The molecule has 0 saturated carbocycles. The molecule has 1 aromatic carbocycles. The fourth-order valence-corrected chi connectivity index (χ4v) is 3.16. The zero-order chi connectivity index (χ0) is 19.4. The Morgan fingerprint density at radius 2 is 1.85 bits per heavy atom. The van der Waals surface area contributed by atoms with E-state index in [1.54, 1.807) is 24.8 Å². The highest BCUT2D eigenvalue weighted by molar-refractivity contribution is 5.87. The normalized spacial score (nSPS) is 16.8. The van der Waals surface area contributed by atoms with Crippen molar-refractivity contribution in [2.75, 3.05) is 26.2 Å². The third-order valence-corrected chi connectivity index (χ3v) is 4.88. The van der Waals surface area contributed by atoms with E-state index in [4.69, 9.17) is 10.5 Å². The smallest absolute Gasteiger partial charge is 0.378 e. The summed E-state index contributed by atoms with van der Waals surface area (Å²) in [5.41, 5.74) is 4.06. The van der Waals surface area contributed by atoms with Gasteiger partial charge in [-0.2, -0.15) is 13.2 Å². The number of nitrogens with zero attached hydrogens (tertiary/aromatic N) is 1. The second-order valence-corrected chi connectivity index (χ2v) is 7.21. The minimum atomic E-state index is -4.42. The molecule has 26 heavy (non-hydrogen) atoms. The van der Waals surface area contributed by atoms with Crippen LogP contribution in [0.25, 0.3) is 0 Å². The molecule has 1 aliphatic heterocycles. The van der Waals surface area contributed by atoms with Gasteiger partial charge < -0.3 is 15.4 Å². The molecule has 0 atom stereocenters.